The highest BCUT2D eigenvalue weighted by molar-refractivity contribution is 5.98. The molecule has 0 bridgehead atoms. The Hall–Kier alpha value is -2.17. The van der Waals surface area contributed by atoms with Crippen LogP contribution in [0.25, 0.3) is 5.65 Å². The number of hydrogen-bond acceptors (Lipinski definition) is 3. The van der Waals surface area contributed by atoms with Gasteiger partial charge in [0, 0.05) is 6.07 Å². The maximum Gasteiger partial charge on any atom is 0.247 e. The first-order chi connectivity index (χ1) is 7.19. The van der Waals surface area contributed by atoms with Crippen molar-refractivity contribution >= 4 is 17.2 Å². The number of hydrogen-bond donors (Lipinski definition) is 1. The lowest BCUT2D eigenvalue weighted by atomic mass is 10.4. The SMILES string of the molecule is C=CC(=O)Nc1cnc2cc(C)nn2c1. The number of anilines is 1. The Morgan fingerprint density at radius 2 is 2.47 bits per heavy atom. The molecule has 2 aromatic rings. The first kappa shape index (κ1) is 9.39. The van der Waals surface area contributed by atoms with Gasteiger partial charge in [-0.25, -0.2) is 9.50 Å². The number of carbonyl (C=O) groups is 1. The van der Waals surface area contributed by atoms with Gasteiger partial charge in [-0.3, -0.25) is 4.79 Å². The van der Waals surface area contributed by atoms with Gasteiger partial charge in [0.05, 0.1) is 23.8 Å². The van der Waals surface area contributed by atoms with Crippen LogP contribution in [-0.2, 0) is 4.79 Å². The van der Waals surface area contributed by atoms with Crippen molar-refractivity contribution in [2.75, 3.05) is 5.32 Å². The molecule has 15 heavy (non-hydrogen) atoms. The third-order valence-corrected chi connectivity index (χ3v) is 1.89. The minimum absolute atomic E-state index is 0.264. The Morgan fingerprint density at radius 3 is 3.20 bits per heavy atom. The van der Waals surface area contributed by atoms with Crippen molar-refractivity contribution in [1.82, 2.24) is 14.6 Å². The van der Waals surface area contributed by atoms with Gasteiger partial charge in [0.25, 0.3) is 0 Å². The first-order valence-electron chi connectivity index (χ1n) is 4.44. The quantitative estimate of drug-likeness (QED) is 0.743. The molecular formula is C10H10N4O. The smallest absolute Gasteiger partial charge is 0.247 e. The fourth-order valence-electron chi connectivity index (χ4n) is 1.25. The second kappa shape index (κ2) is 3.53. The number of nitrogens with one attached hydrogen (secondary N) is 1. The Balaban J connectivity index is 2.37. The van der Waals surface area contributed by atoms with Crippen LogP contribution in [0.2, 0.25) is 0 Å². The molecule has 0 fully saturated rings. The van der Waals surface area contributed by atoms with Crippen molar-refractivity contribution in [2.24, 2.45) is 0 Å². The van der Waals surface area contributed by atoms with Gasteiger partial charge in [-0.05, 0) is 13.0 Å². The standard InChI is InChI=1S/C10H10N4O/c1-3-10(15)12-8-5-11-9-4-7(2)13-14(9)6-8/h3-6H,1H2,2H3,(H,12,15). The van der Waals surface area contributed by atoms with Crippen LogP contribution < -0.4 is 5.32 Å². The molecule has 76 valence electrons. The third-order valence-electron chi connectivity index (χ3n) is 1.89. The summed E-state index contributed by atoms with van der Waals surface area (Å²) in [5.41, 5.74) is 2.23. The van der Waals surface area contributed by atoms with Crippen molar-refractivity contribution < 1.29 is 4.79 Å². The summed E-state index contributed by atoms with van der Waals surface area (Å²) in [7, 11) is 0. The topological polar surface area (TPSA) is 59.3 Å². The van der Waals surface area contributed by atoms with E-state index in [1.54, 1.807) is 16.9 Å². The molecule has 0 unspecified atom stereocenters. The Kier molecular flexibility index (Phi) is 2.21. The number of nitrogens with zero attached hydrogens (tertiary/aromatic N) is 3. The maximum atomic E-state index is 11.0. The molecule has 0 radical (unpaired) electrons. The fourth-order valence-corrected chi connectivity index (χ4v) is 1.25. The van der Waals surface area contributed by atoms with Crippen LogP contribution >= 0.6 is 0 Å². The van der Waals surface area contributed by atoms with Crippen molar-refractivity contribution in [1.29, 1.82) is 0 Å². The van der Waals surface area contributed by atoms with Gasteiger partial charge in [-0.15, -0.1) is 0 Å². The molecule has 0 saturated heterocycles. The molecule has 1 N–H and O–H groups in total. The van der Waals surface area contributed by atoms with Gasteiger partial charge < -0.3 is 5.32 Å². The summed E-state index contributed by atoms with van der Waals surface area (Å²) < 4.78 is 1.62. The zero-order valence-electron chi connectivity index (χ0n) is 8.27. The average Bonchev–Trinajstić information content (AvgIpc) is 2.57. The zero-order chi connectivity index (χ0) is 10.8. The molecule has 0 atom stereocenters. The van der Waals surface area contributed by atoms with E-state index in [-0.39, 0.29) is 5.91 Å². The van der Waals surface area contributed by atoms with Crippen LogP contribution in [0.15, 0.2) is 31.1 Å². The summed E-state index contributed by atoms with van der Waals surface area (Å²) in [4.78, 5) is 15.2. The van der Waals surface area contributed by atoms with Crippen molar-refractivity contribution in [2.45, 2.75) is 6.92 Å². The van der Waals surface area contributed by atoms with Gasteiger partial charge in [0.2, 0.25) is 5.91 Å². The van der Waals surface area contributed by atoms with Gasteiger partial charge in [-0.2, -0.15) is 5.10 Å². The second-order valence-corrected chi connectivity index (χ2v) is 3.12. The molecule has 0 aliphatic carbocycles. The zero-order valence-corrected chi connectivity index (χ0v) is 8.27. The lowest BCUT2D eigenvalue weighted by Crippen LogP contribution is -2.08. The van der Waals surface area contributed by atoms with E-state index in [9.17, 15) is 4.79 Å². The van der Waals surface area contributed by atoms with E-state index in [0.717, 1.165) is 11.3 Å². The number of carbonyl (C=O) groups excluding carboxylic acids is 1. The molecule has 0 aliphatic rings. The van der Waals surface area contributed by atoms with E-state index in [1.807, 2.05) is 13.0 Å². The largest absolute Gasteiger partial charge is 0.320 e. The maximum absolute atomic E-state index is 11.0. The monoisotopic (exact) mass is 202 g/mol. The minimum Gasteiger partial charge on any atom is -0.320 e. The Bertz CT molecular complexity index is 529. The molecule has 1 amide bonds. The number of amides is 1. The van der Waals surface area contributed by atoms with Crippen LogP contribution in [-0.4, -0.2) is 20.5 Å². The molecule has 2 aromatic heterocycles. The molecule has 0 aromatic carbocycles. The number of fused-ring (bicyclic) bond motifs is 1. The minimum atomic E-state index is -0.264. The van der Waals surface area contributed by atoms with Gasteiger partial charge in [0.1, 0.15) is 0 Å². The van der Waals surface area contributed by atoms with E-state index in [2.05, 4.69) is 22.0 Å². The summed E-state index contributed by atoms with van der Waals surface area (Å²) in [6, 6.07) is 1.86. The van der Waals surface area contributed by atoms with Crippen molar-refractivity contribution in [3.05, 3.63) is 36.8 Å². The summed E-state index contributed by atoms with van der Waals surface area (Å²) >= 11 is 0. The summed E-state index contributed by atoms with van der Waals surface area (Å²) in [5.74, 6) is -0.264. The number of aryl methyl sites for hydroxylation is 1. The molecule has 2 rings (SSSR count). The first-order valence-corrected chi connectivity index (χ1v) is 4.44. The second-order valence-electron chi connectivity index (χ2n) is 3.12. The number of rotatable bonds is 2. The molecule has 5 nitrogen and oxygen atoms in total. The van der Waals surface area contributed by atoms with Crippen LogP contribution in [0.1, 0.15) is 5.69 Å². The van der Waals surface area contributed by atoms with E-state index in [1.165, 1.54) is 6.08 Å². The highest BCUT2D eigenvalue weighted by Crippen LogP contribution is 2.08. The summed E-state index contributed by atoms with van der Waals surface area (Å²) in [6.07, 6.45) is 4.49. The Labute approximate surface area is 86.4 Å². The summed E-state index contributed by atoms with van der Waals surface area (Å²) in [6.45, 7) is 5.25. The fraction of sp³-hybridized carbons (Fsp3) is 0.100. The van der Waals surface area contributed by atoms with Crippen molar-refractivity contribution in [3.63, 3.8) is 0 Å². The predicted molar refractivity (Wildman–Crippen MR) is 56.6 cm³/mol. The Morgan fingerprint density at radius 1 is 1.67 bits per heavy atom. The van der Waals surface area contributed by atoms with Gasteiger partial charge in [-0.1, -0.05) is 6.58 Å². The average molecular weight is 202 g/mol. The highest BCUT2D eigenvalue weighted by Gasteiger charge is 2.01. The van der Waals surface area contributed by atoms with Gasteiger partial charge in [0.15, 0.2) is 5.65 Å². The predicted octanol–water partition coefficient (Wildman–Crippen LogP) is 1.16. The van der Waals surface area contributed by atoms with Crippen LogP contribution in [0, 0.1) is 6.92 Å². The van der Waals surface area contributed by atoms with E-state index >= 15 is 0 Å². The molecular weight excluding hydrogens is 192 g/mol. The van der Waals surface area contributed by atoms with Gasteiger partial charge >= 0.3 is 0 Å². The molecule has 2 heterocycles. The lowest BCUT2D eigenvalue weighted by molar-refractivity contribution is -0.111. The van der Waals surface area contributed by atoms with E-state index < -0.39 is 0 Å². The molecule has 5 heteroatoms. The normalized spacial score (nSPS) is 10.2. The third kappa shape index (κ3) is 1.85. The highest BCUT2D eigenvalue weighted by atomic mass is 16.1. The molecule has 0 saturated carbocycles. The lowest BCUT2D eigenvalue weighted by Gasteiger charge is -2.01. The molecule has 0 aliphatic heterocycles. The van der Waals surface area contributed by atoms with E-state index in [4.69, 9.17) is 0 Å². The van der Waals surface area contributed by atoms with Crippen LogP contribution in [0.4, 0.5) is 5.69 Å². The van der Waals surface area contributed by atoms with Crippen molar-refractivity contribution in [3.8, 4) is 0 Å². The van der Waals surface area contributed by atoms with Crippen LogP contribution in [0.3, 0.4) is 0 Å². The summed E-state index contributed by atoms with van der Waals surface area (Å²) in [5, 5.41) is 6.80. The molecule has 0 spiro atoms. The van der Waals surface area contributed by atoms with E-state index in [0.29, 0.717) is 5.69 Å². The van der Waals surface area contributed by atoms with Crippen LogP contribution in [0.5, 0.6) is 0 Å². The number of aromatic nitrogens is 3.